The summed E-state index contributed by atoms with van der Waals surface area (Å²) in [4.78, 5) is 28.4. The summed E-state index contributed by atoms with van der Waals surface area (Å²) in [6.07, 6.45) is 0.419. The Labute approximate surface area is 222 Å². The molecule has 4 nitrogen and oxygen atoms in total. The van der Waals surface area contributed by atoms with E-state index in [1.165, 1.54) is 5.56 Å². The molecule has 7 heteroatoms. The zero-order valence-corrected chi connectivity index (χ0v) is 22.3. The van der Waals surface area contributed by atoms with Gasteiger partial charge in [-0.1, -0.05) is 89.4 Å². The van der Waals surface area contributed by atoms with E-state index in [9.17, 15) is 9.59 Å². The molecular weight excluding hydrogens is 499 g/mol. The summed E-state index contributed by atoms with van der Waals surface area (Å²) < 4.78 is 0. The number of likely N-dealkylation sites (N-methyl/N-ethyl adjacent to an activating group) is 1. The molecule has 0 fully saturated rings. The zero-order chi connectivity index (χ0) is 25.2. The van der Waals surface area contributed by atoms with Gasteiger partial charge in [0, 0.05) is 25.3 Å². The molecule has 1 unspecified atom stereocenters. The average Bonchev–Trinajstić information content (AvgIpc) is 2.85. The Balaban J connectivity index is 1.84. The number of aryl methyl sites for hydroxylation is 1. The van der Waals surface area contributed by atoms with E-state index >= 15 is 0 Å². The molecule has 0 aliphatic heterocycles. The van der Waals surface area contributed by atoms with Gasteiger partial charge >= 0.3 is 0 Å². The second-order valence-corrected chi connectivity index (χ2v) is 10.1. The monoisotopic (exact) mass is 528 g/mol. The van der Waals surface area contributed by atoms with Gasteiger partial charge in [-0.15, -0.1) is 11.8 Å². The van der Waals surface area contributed by atoms with Crippen molar-refractivity contribution in [3.05, 3.63) is 105 Å². The molecule has 0 saturated heterocycles. The quantitative estimate of drug-likeness (QED) is 0.317. The summed E-state index contributed by atoms with van der Waals surface area (Å²) in [5.74, 6) is 0.713. The molecule has 3 rings (SSSR count). The molecule has 3 aromatic carbocycles. The molecular formula is C28H30Cl2N2O2S. The van der Waals surface area contributed by atoms with Crippen LogP contribution in [0.15, 0.2) is 72.8 Å². The van der Waals surface area contributed by atoms with Gasteiger partial charge in [0.1, 0.15) is 6.04 Å². The van der Waals surface area contributed by atoms with Crippen LogP contribution in [0, 0.1) is 6.92 Å². The van der Waals surface area contributed by atoms with Crippen LogP contribution in [0.4, 0.5) is 0 Å². The summed E-state index contributed by atoms with van der Waals surface area (Å²) in [6.45, 7) is 4.67. The first-order valence-corrected chi connectivity index (χ1v) is 13.5. The largest absolute Gasteiger partial charge is 0.355 e. The van der Waals surface area contributed by atoms with Crippen molar-refractivity contribution in [2.24, 2.45) is 0 Å². The topological polar surface area (TPSA) is 49.4 Å². The minimum Gasteiger partial charge on any atom is -0.355 e. The lowest BCUT2D eigenvalue weighted by Crippen LogP contribution is -2.51. The van der Waals surface area contributed by atoms with Crippen molar-refractivity contribution < 1.29 is 9.59 Å². The molecule has 3 aromatic rings. The first kappa shape index (κ1) is 27.1. The van der Waals surface area contributed by atoms with E-state index in [1.807, 2.05) is 43.3 Å². The van der Waals surface area contributed by atoms with Crippen molar-refractivity contribution in [1.29, 1.82) is 0 Å². The second-order valence-electron chi connectivity index (χ2n) is 8.35. The number of rotatable bonds is 11. The normalized spacial score (nSPS) is 11.7. The smallest absolute Gasteiger partial charge is 0.243 e. The third-order valence-corrected chi connectivity index (χ3v) is 7.30. The highest BCUT2D eigenvalue weighted by Gasteiger charge is 2.30. The highest BCUT2D eigenvalue weighted by Crippen LogP contribution is 2.25. The van der Waals surface area contributed by atoms with Gasteiger partial charge in [-0.25, -0.2) is 0 Å². The number of benzene rings is 3. The van der Waals surface area contributed by atoms with Gasteiger partial charge < -0.3 is 10.2 Å². The maximum absolute atomic E-state index is 13.6. The molecule has 0 radical (unpaired) electrons. The fraction of sp³-hybridized carbons (Fsp3) is 0.286. The summed E-state index contributed by atoms with van der Waals surface area (Å²) in [7, 11) is 0. The Kier molecular flexibility index (Phi) is 10.5. The summed E-state index contributed by atoms with van der Waals surface area (Å²) in [5.41, 5.74) is 4.17. The van der Waals surface area contributed by atoms with E-state index in [0.717, 1.165) is 22.4 Å². The van der Waals surface area contributed by atoms with Crippen LogP contribution in [0.25, 0.3) is 0 Å². The number of carbonyl (C=O) groups excluding carboxylic acids is 2. The van der Waals surface area contributed by atoms with E-state index < -0.39 is 6.04 Å². The summed E-state index contributed by atoms with van der Waals surface area (Å²) in [6, 6.07) is 22.7. The van der Waals surface area contributed by atoms with E-state index in [2.05, 4.69) is 36.5 Å². The van der Waals surface area contributed by atoms with Gasteiger partial charge in [-0.05, 0) is 42.7 Å². The molecule has 0 aliphatic carbocycles. The molecule has 0 saturated carbocycles. The van der Waals surface area contributed by atoms with Gasteiger partial charge in [0.05, 0.1) is 15.8 Å². The minimum atomic E-state index is -0.653. The fourth-order valence-electron chi connectivity index (χ4n) is 3.70. The van der Waals surface area contributed by atoms with Gasteiger partial charge in [0.15, 0.2) is 0 Å². The highest BCUT2D eigenvalue weighted by molar-refractivity contribution is 7.99. The lowest BCUT2D eigenvalue weighted by molar-refractivity contribution is -0.139. The van der Waals surface area contributed by atoms with Crippen molar-refractivity contribution in [3.8, 4) is 0 Å². The zero-order valence-electron chi connectivity index (χ0n) is 20.0. The Morgan fingerprint density at radius 2 is 1.60 bits per heavy atom. The molecule has 0 aliphatic rings. The van der Waals surface area contributed by atoms with Gasteiger partial charge in [-0.2, -0.15) is 0 Å². The number of hydrogen-bond donors (Lipinski definition) is 1. The van der Waals surface area contributed by atoms with Crippen LogP contribution in [0.3, 0.4) is 0 Å². The van der Waals surface area contributed by atoms with E-state index in [0.29, 0.717) is 23.0 Å². The maximum Gasteiger partial charge on any atom is 0.243 e. The van der Waals surface area contributed by atoms with Gasteiger partial charge in [0.2, 0.25) is 11.8 Å². The second kappa shape index (κ2) is 13.6. The van der Waals surface area contributed by atoms with Gasteiger partial charge in [0.25, 0.3) is 0 Å². The first-order chi connectivity index (χ1) is 16.9. The SMILES string of the molecule is CCNC(=O)C(Cc1ccccc1)N(Cc1ccc(Cl)c(Cl)c1)C(=O)CSCc1ccc(C)cc1. The molecule has 184 valence electrons. The van der Waals surface area contributed by atoms with Crippen molar-refractivity contribution >= 4 is 46.8 Å². The van der Waals surface area contributed by atoms with Crippen LogP contribution in [0.1, 0.15) is 29.2 Å². The van der Waals surface area contributed by atoms with Gasteiger partial charge in [-0.3, -0.25) is 9.59 Å². The third kappa shape index (κ3) is 8.31. The number of thioether (sulfide) groups is 1. The predicted octanol–water partition coefficient (Wildman–Crippen LogP) is 6.31. The molecule has 1 N–H and O–H groups in total. The van der Waals surface area contributed by atoms with Crippen LogP contribution >= 0.6 is 35.0 Å². The molecule has 0 bridgehead atoms. The molecule has 1 atom stereocenters. The van der Waals surface area contributed by atoms with Crippen molar-refractivity contribution in [2.75, 3.05) is 12.3 Å². The summed E-state index contributed by atoms with van der Waals surface area (Å²) in [5, 5.41) is 3.78. The van der Waals surface area contributed by atoms with Crippen LogP contribution in [0.5, 0.6) is 0 Å². The Hall–Kier alpha value is -2.47. The number of hydrogen-bond acceptors (Lipinski definition) is 3. The Morgan fingerprint density at radius 3 is 2.26 bits per heavy atom. The maximum atomic E-state index is 13.6. The third-order valence-electron chi connectivity index (χ3n) is 5.57. The van der Waals surface area contributed by atoms with Crippen LogP contribution in [-0.4, -0.2) is 35.1 Å². The minimum absolute atomic E-state index is 0.0969. The molecule has 0 spiro atoms. The standard InChI is InChI=1S/C28H30Cl2N2O2S/c1-3-31-28(34)26(16-21-7-5-4-6-8-21)32(17-23-13-14-24(29)25(30)15-23)27(33)19-35-18-22-11-9-20(2)10-12-22/h4-15,26H,3,16-19H2,1-2H3,(H,31,34). The number of amides is 2. The lowest BCUT2D eigenvalue weighted by Gasteiger charge is -2.31. The number of carbonyl (C=O) groups is 2. The average molecular weight is 530 g/mol. The molecule has 2 amide bonds. The number of halogens is 2. The van der Waals surface area contributed by atoms with E-state index in [4.69, 9.17) is 23.2 Å². The predicted molar refractivity (Wildman–Crippen MR) is 147 cm³/mol. The lowest BCUT2D eigenvalue weighted by atomic mass is 10.0. The Bertz CT molecular complexity index is 1120. The van der Waals surface area contributed by atoms with Crippen LogP contribution in [-0.2, 0) is 28.3 Å². The number of nitrogens with zero attached hydrogens (tertiary/aromatic N) is 1. The molecule has 0 heterocycles. The molecule has 0 aromatic heterocycles. The Morgan fingerprint density at radius 1 is 0.914 bits per heavy atom. The highest BCUT2D eigenvalue weighted by atomic mass is 35.5. The number of nitrogens with one attached hydrogen (secondary N) is 1. The van der Waals surface area contributed by atoms with E-state index in [-0.39, 0.29) is 24.1 Å². The first-order valence-electron chi connectivity index (χ1n) is 11.6. The van der Waals surface area contributed by atoms with Crippen molar-refractivity contribution in [1.82, 2.24) is 10.2 Å². The molecule has 35 heavy (non-hydrogen) atoms. The van der Waals surface area contributed by atoms with E-state index in [1.54, 1.807) is 28.8 Å². The van der Waals surface area contributed by atoms with Crippen molar-refractivity contribution in [2.45, 2.75) is 38.6 Å². The summed E-state index contributed by atoms with van der Waals surface area (Å²) >= 11 is 13.9. The van der Waals surface area contributed by atoms with Crippen LogP contribution < -0.4 is 5.32 Å². The van der Waals surface area contributed by atoms with Crippen molar-refractivity contribution in [3.63, 3.8) is 0 Å². The van der Waals surface area contributed by atoms with Crippen LogP contribution in [0.2, 0.25) is 10.0 Å². The fourth-order valence-corrected chi connectivity index (χ4v) is 4.90.